The van der Waals surface area contributed by atoms with Crippen LogP contribution in [-0.2, 0) is 13.1 Å². The third kappa shape index (κ3) is 4.84. The summed E-state index contributed by atoms with van der Waals surface area (Å²) in [4.78, 5) is 6.86. The molecule has 0 aliphatic carbocycles. The van der Waals surface area contributed by atoms with Gasteiger partial charge in [0, 0.05) is 40.1 Å². The summed E-state index contributed by atoms with van der Waals surface area (Å²) in [5.41, 5.74) is 2.05. The average Bonchev–Trinajstić information content (AvgIpc) is 3.25. The molecule has 0 aliphatic rings. The van der Waals surface area contributed by atoms with Crippen molar-refractivity contribution in [1.29, 1.82) is 0 Å². The number of aliphatic imine (C=N–C) groups is 1. The van der Waals surface area contributed by atoms with E-state index in [0.29, 0.717) is 11.6 Å². The highest BCUT2D eigenvalue weighted by Crippen LogP contribution is 2.15. The van der Waals surface area contributed by atoms with E-state index in [-0.39, 0.29) is 0 Å². The van der Waals surface area contributed by atoms with Crippen molar-refractivity contribution in [3.63, 3.8) is 0 Å². The van der Waals surface area contributed by atoms with E-state index in [9.17, 15) is 0 Å². The fourth-order valence-corrected chi connectivity index (χ4v) is 3.30. The topological polar surface area (TPSA) is 54.2 Å². The van der Waals surface area contributed by atoms with Gasteiger partial charge in [-0.05, 0) is 43.3 Å². The number of hydrogen-bond donors (Lipinski definition) is 2. The largest absolute Gasteiger partial charge is 0.352 e. The Morgan fingerprint density at radius 3 is 2.60 bits per heavy atom. The third-order valence-electron chi connectivity index (χ3n) is 3.64. The molecule has 130 valence electrons. The first-order chi connectivity index (χ1) is 12.1. The highest BCUT2D eigenvalue weighted by Gasteiger charge is 2.04. The lowest BCUT2D eigenvalue weighted by Gasteiger charge is -2.10. The number of guanidine groups is 1. The smallest absolute Gasteiger partial charge is 0.191 e. The van der Waals surface area contributed by atoms with Gasteiger partial charge in [-0.3, -0.25) is 4.99 Å². The number of benzene rings is 1. The van der Waals surface area contributed by atoms with Gasteiger partial charge in [-0.25, -0.2) is 4.68 Å². The molecule has 0 radical (unpaired) electrons. The molecule has 0 amide bonds. The molecule has 0 spiro atoms. The van der Waals surface area contributed by atoms with Gasteiger partial charge in [-0.2, -0.15) is 5.10 Å². The second kappa shape index (κ2) is 8.18. The molecule has 0 unspecified atom stereocenters. The first-order valence-corrected chi connectivity index (χ1v) is 9.13. The zero-order valence-electron chi connectivity index (χ0n) is 14.2. The zero-order chi connectivity index (χ0) is 17.6. The molecule has 2 aromatic heterocycles. The van der Waals surface area contributed by atoms with Gasteiger partial charge in [0.2, 0.25) is 0 Å². The van der Waals surface area contributed by atoms with Gasteiger partial charge >= 0.3 is 0 Å². The van der Waals surface area contributed by atoms with Crippen molar-refractivity contribution < 1.29 is 0 Å². The van der Waals surface area contributed by atoms with Crippen molar-refractivity contribution in [2.75, 3.05) is 7.05 Å². The summed E-state index contributed by atoms with van der Waals surface area (Å²) in [6.45, 7) is 3.53. The quantitative estimate of drug-likeness (QED) is 0.529. The van der Waals surface area contributed by atoms with Crippen LogP contribution in [0.2, 0.25) is 5.02 Å². The van der Waals surface area contributed by atoms with E-state index in [2.05, 4.69) is 39.8 Å². The standard InChI is InChI=1S/C18H20ClN5S/c1-13-3-8-17(25-13)11-22-18(20-2)21-9-14-10-23-24(12-14)16-6-4-15(19)5-7-16/h3-8,10,12H,9,11H2,1-2H3,(H2,20,21,22). The minimum Gasteiger partial charge on any atom is -0.352 e. The monoisotopic (exact) mass is 373 g/mol. The van der Waals surface area contributed by atoms with Gasteiger partial charge in [-0.1, -0.05) is 11.6 Å². The molecule has 1 aromatic carbocycles. The van der Waals surface area contributed by atoms with Crippen LogP contribution in [-0.4, -0.2) is 22.8 Å². The highest BCUT2D eigenvalue weighted by atomic mass is 35.5. The molecule has 0 fully saturated rings. The molecule has 5 nitrogen and oxygen atoms in total. The molecule has 2 heterocycles. The van der Waals surface area contributed by atoms with Crippen LogP contribution in [0, 0.1) is 6.92 Å². The number of aromatic nitrogens is 2. The summed E-state index contributed by atoms with van der Waals surface area (Å²) < 4.78 is 1.83. The Labute approximate surface area is 156 Å². The van der Waals surface area contributed by atoms with Gasteiger partial charge in [0.15, 0.2) is 5.96 Å². The molecule has 0 aliphatic heterocycles. The second-order valence-corrected chi connectivity index (χ2v) is 7.37. The number of hydrogen-bond acceptors (Lipinski definition) is 3. The normalized spacial score (nSPS) is 11.6. The predicted molar refractivity (Wildman–Crippen MR) is 105 cm³/mol. The Bertz CT molecular complexity index is 850. The summed E-state index contributed by atoms with van der Waals surface area (Å²) in [6.07, 6.45) is 3.84. The molecular formula is C18H20ClN5S. The molecule has 25 heavy (non-hydrogen) atoms. The van der Waals surface area contributed by atoms with Crippen LogP contribution in [0.25, 0.3) is 5.69 Å². The SMILES string of the molecule is CN=C(NCc1cnn(-c2ccc(Cl)cc2)c1)NCc1ccc(C)s1. The summed E-state index contributed by atoms with van der Waals surface area (Å²) in [5, 5.41) is 11.7. The minimum absolute atomic E-state index is 0.650. The van der Waals surface area contributed by atoms with E-state index >= 15 is 0 Å². The maximum absolute atomic E-state index is 5.92. The predicted octanol–water partition coefficient (Wildman–Crippen LogP) is 3.76. The molecule has 3 aromatic rings. The first kappa shape index (κ1) is 17.5. The number of thiophene rings is 1. The van der Waals surface area contributed by atoms with E-state index in [0.717, 1.165) is 23.8 Å². The summed E-state index contributed by atoms with van der Waals surface area (Å²) in [6, 6.07) is 11.9. The molecule has 0 bridgehead atoms. The molecule has 0 saturated heterocycles. The fourth-order valence-electron chi connectivity index (χ4n) is 2.34. The molecule has 0 atom stereocenters. The number of rotatable bonds is 5. The van der Waals surface area contributed by atoms with Crippen LogP contribution in [0.5, 0.6) is 0 Å². The van der Waals surface area contributed by atoms with E-state index in [1.807, 2.05) is 41.3 Å². The Morgan fingerprint density at radius 1 is 1.16 bits per heavy atom. The number of nitrogens with one attached hydrogen (secondary N) is 2. The van der Waals surface area contributed by atoms with Crippen LogP contribution in [0.15, 0.2) is 53.8 Å². The van der Waals surface area contributed by atoms with Crippen molar-refractivity contribution in [1.82, 2.24) is 20.4 Å². The summed E-state index contributed by atoms with van der Waals surface area (Å²) >= 11 is 7.71. The molecule has 7 heteroatoms. The summed E-state index contributed by atoms with van der Waals surface area (Å²) in [7, 11) is 1.77. The Balaban J connectivity index is 1.54. The average molecular weight is 374 g/mol. The van der Waals surface area contributed by atoms with Crippen LogP contribution in [0.1, 0.15) is 15.3 Å². The second-order valence-electron chi connectivity index (χ2n) is 5.56. The van der Waals surface area contributed by atoms with Crippen LogP contribution >= 0.6 is 22.9 Å². The van der Waals surface area contributed by atoms with Gasteiger partial charge in [0.25, 0.3) is 0 Å². The lowest BCUT2D eigenvalue weighted by molar-refractivity contribution is 0.814. The zero-order valence-corrected chi connectivity index (χ0v) is 15.7. The van der Waals surface area contributed by atoms with E-state index in [4.69, 9.17) is 11.6 Å². The van der Waals surface area contributed by atoms with E-state index in [1.54, 1.807) is 18.4 Å². The highest BCUT2D eigenvalue weighted by molar-refractivity contribution is 7.11. The summed E-state index contributed by atoms with van der Waals surface area (Å²) in [5.74, 6) is 0.769. The molecule has 2 N–H and O–H groups in total. The van der Waals surface area contributed by atoms with Gasteiger partial charge < -0.3 is 10.6 Å². The van der Waals surface area contributed by atoms with E-state index < -0.39 is 0 Å². The minimum atomic E-state index is 0.650. The van der Waals surface area contributed by atoms with Crippen molar-refractivity contribution in [3.8, 4) is 5.69 Å². The van der Waals surface area contributed by atoms with Gasteiger partial charge in [-0.15, -0.1) is 11.3 Å². The van der Waals surface area contributed by atoms with Crippen molar-refractivity contribution in [2.24, 2.45) is 4.99 Å². The number of aryl methyl sites for hydroxylation is 1. The van der Waals surface area contributed by atoms with Crippen molar-refractivity contribution in [3.05, 3.63) is 69.1 Å². The van der Waals surface area contributed by atoms with Crippen molar-refractivity contribution >= 4 is 28.9 Å². The number of halogens is 1. The Morgan fingerprint density at radius 2 is 1.92 bits per heavy atom. The fraction of sp³-hybridized carbons (Fsp3) is 0.222. The molecule has 0 saturated carbocycles. The Kier molecular flexibility index (Phi) is 5.73. The lowest BCUT2D eigenvalue weighted by Crippen LogP contribution is -2.36. The van der Waals surface area contributed by atoms with Crippen LogP contribution in [0.3, 0.4) is 0 Å². The van der Waals surface area contributed by atoms with Crippen LogP contribution < -0.4 is 10.6 Å². The van der Waals surface area contributed by atoms with Crippen LogP contribution in [0.4, 0.5) is 0 Å². The van der Waals surface area contributed by atoms with Gasteiger partial charge in [0.1, 0.15) is 0 Å². The Hall–Kier alpha value is -2.31. The maximum Gasteiger partial charge on any atom is 0.191 e. The third-order valence-corrected chi connectivity index (χ3v) is 4.89. The lowest BCUT2D eigenvalue weighted by atomic mass is 10.3. The molecular weight excluding hydrogens is 354 g/mol. The number of nitrogens with zero attached hydrogens (tertiary/aromatic N) is 3. The maximum atomic E-state index is 5.92. The van der Waals surface area contributed by atoms with Crippen molar-refractivity contribution in [2.45, 2.75) is 20.0 Å². The first-order valence-electron chi connectivity index (χ1n) is 7.93. The van der Waals surface area contributed by atoms with Gasteiger partial charge in [0.05, 0.1) is 18.4 Å². The molecule has 3 rings (SSSR count). The van der Waals surface area contributed by atoms with E-state index in [1.165, 1.54) is 9.75 Å².